The van der Waals surface area contributed by atoms with Crippen LogP contribution in [0.4, 0.5) is 11.5 Å². The van der Waals surface area contributed by atoms with Crippen molar-refractivity contribution in [3.8, 4) is 11.5 Å². The average Bonchev–Trinajstić information content (AvgIpc) is 3.24. The largest absolute Gasteiger partial charge is 0.493 e. The Kier molecular flexibility index (Phi) is 6.71. The van der Waals surface area contributed by atoms with Crippen LogP contribution in [0.5, 0.6) is 11.5 Å². The molecule has 1 fully saturated rings. The van der Waals surface area contributed by atoms with Gasteiger partial charge in [0.25, 0.3) is 0 Å². The van der Waals surface area contributed by atoms with Crippen molar-refractivity contribution in [3.05, 3.63) is 47.9 Å². The molecule has 4 aromatic rings. The Balaban J connectivity index is 1.37. The minimum absolute atomic E-state index is 0.176. The van der Waals surface area contributed by atoms with E-state index in [1.54, 1.807) is 13.2 Å². The highest BCUT2D eigenvalue weighted by molar-refractivity contribution is 6.35. The number of halogens is 1. The second kappa shape index (κ2) is 10.0. The number of benzene rings is 2. The molecule has 2 aromatic heterocycles. The minimum Gasteiger partial charge on any atom is -0.493 e. The van der Waals surface area contributed by atoms with Gasteiger partial charge in [0.1, 0.15) is 31.1 Å². The normalized spacial score (nSPS) is 15.5. The lowest BCUT2D eigenvalue weighted by molar-refractivity contribution is 0.0609. The molecule has 178 valence electrons. The van der Waals surface area contributed by atoms with Crippen molar-refractivity contribution in [2.45, 2.75) is 25.4 Å². The summed E-state index contributed by atoms with van der Waals surface area (Å²) in [6, 6.07) is 9.33. The number of nitrogens with one attached hydrogen (secondary N) is 1. The van der Waals surface area contributed by atoms with Crippen molar-refractivity contribution >= 4 is 45.0 Å². The summed E-state index contributed by atoms with van der Waals surface area (Å²) in [5, 5.41) is 15.9. The van der Waals surface area contributed by atoms with E-state index < -0.39 is 6.10 Å². The number of aromatic nitrogens is 2. The van der Waals surface area contributed by atoms with Gasteiger partial charge in [-0.25, -0.2) is 9.97 Å². The Morgan fingerprint density at radius 2 is 2.00 bits per heavy atom. The first kappa shape index (κ1) is 22.7. The van der Waals surface area contributed by atoms with E-state index >= 15 is 0 Å². The maximum atomic E-state index is 10.5. The third kappa shape index (κ3) is 4.75. The van der Waals surface area contributed by atoms with Gasteiger partial charge in [0.15, 0.2) is 17.1 Å². The molecule has 1 aliphatic rings. The third-order valence-electron chi connectivity index (χ3n) is 6.08. The highest BCUT2D eigenvalue weighted by atomic mass is 35.5. The lowest BCUT2D eigenvalue weighted by Gasteiger charge is -2.28. The number of ether oxygens (including phenoxy) is 2. The number of aliphatic hydroxyl groups excluding tert-OH is 1. The van der Waals surface area contributed by atoms with Crippen LogP contribution in [0.2, 0.25) is 5.02 Å². The molecule has 2 N–H and O–H groups in total. The Bertz CT molecular complexity index is 1290. The van der Waals surface area contributed by atoms with Gasteiger partial charge in [0, 0.05) is 23.4 Å². The predicted molar refractivity (Wildman–Crippen MR) is 132 cm³/mol. The molecule has 1 aliphatic heterocycles. The number of piperidine rings is 1. The van der Waals surface area contributed by atoms with Crippen molar-refractivity contribution in [2.24, 2.45) is 0 Å². The number of fused-ring (bicyclic) bond motifs is 2. The van der Waals surface area contributed by atoms with Crippen LogP contribution in [0.1, 0.15) is 19.3 Å². The summed E-state index contributed by atoms with van der Waals surface area (Å²) < 4.78 is 17.2. The van der Waals surface area contributed by atoms with Crippen LogP contribution in [-0.4, -0.2) is 59.4 Å². The van der Waals surface area contributed by atoms with Crippen LogP contribution in [-0.2, 0) is 0 Å². The molecule has 0 spiro atoms. The van der Waals surface area contributed by atoms with Crippen LogP contribution < -0.4 is 14.8 Å². The Labute approximate surface area is 202 Å². The molecule has 1 atom stereocenters. The monoisotopic (exact) mass is 482 g/mol. The number of hydrogen-bond donors (Lipinski definition) is 2. The fraction of sp³-hybridized carbons (Fsp3) is 0.360. The number of hydrogen-bond acceptors (Lipinski definition) is 8. The average molecular weight is 483 g/mol. The summed E-state index contributed by atoms with van der Waals surface area (Å²) >= 11 is 6.21. The van der Waals surface area contributed by atoms with Crippen molar-refractivity contribution < 1.29 is 19.0 Å². The zero-order chi connectivity index (χ0) is 23.5. The first-order valence-corrected chi connectivity index (χ1v) is 11.8. The molecule has 3 heterocycles. The summed E-state index contributed by atoms with van der Waals surface area (Å²) in [4.78, 5) is 11.1. The van der Waals surface area contributed by atoms with E-state index in [2.05, 4.69) is 20.2 Å². The SMILES string of the molecule is COc1cc2c(Nc3cccc4c(Cl)coc34)ncnc2cc1OCC(O)CN1CCCCC1. The van der Waals surface area contributed by atoms with E-state index in [1.807, 2.05) is 24.3 Å². The summed E-state index contributed by atoms with van der Waals surface area (Å²) in [5.41, 5.74) is 2.07. The van der Waals surface area contributed by atoms with Gasteiger partial charge in [0.2, 0.25) is 0 Å². The molecular formula is C25H27ClN4O4. The standard InChI is InChI=1S/C25H27ClN4O4/c1-32-22-10-18-21(11-23(22)33-13-16(31)12-30-8-3-2-4-9-30)27-15-28-25(18)29-20-7-5-6-17-19(26)14-34-24(17)20/h5-7,10-11,14-16,31H,2-4,8-9,12-13H2,1H3,(H,27,28,29). The summed E-state index contributed by atoms with van der Waals surface area (Å²) in [7, 11) is 1.58. The first-order valence-electron chi connectivity index (χ1n) is 11.4. The Morgan fingerprint density at radius 3 is 2.82 bits per heavy atom. The van der Waals surface area contributed by atoms with Gasteiger partial charge >= 0.3 is 0 Å². The number of anilines is 2. The molecule has 2 aromatic carbocycles. The molecule has 1 unspecified atom stereocenters. The fourth-order valence-electron chi connectivity index (χ4n) is 4.37. The molecule has 0 bridgehead atoms. The van der Waals surface area contributed by atoms with Crippen LogP contribution in [0.15, 0.2) is 47.3 Å². The molecule has 8 nitrogen and oxygen atoms in total. The summed E-state index contributed by atoms with van der Waals surface area (Å²) in [6.07, 6.45) is 6.05. The Hall–Kier alpha value is -3.07. The lowest BCUT2D eigenvalue weighted by atomic mass is 10.1. The van der Waals surface area contributed by atoms with Gasteiger partial charge in [-0.15, -0.1) is 0 Å². The number of aliphatic hydroxyl groups is 1. The molecule has 34 heavy (non-hydrogen) atoms. The molecule has 0 amide bonds. The lowest BCUT2D eigenvalue weighted by Crippen LogP contribution is -2.38. The second-order valence-corrected chi connectivity index (χ2v) is 8.87. The maximum absolute atomic E-state index is 10.5. The van der Waals surface area contributed by atoms with E-state index in [0.717, 1.165) is 29.5 Å². The molecule has 1 saturated heterocycles. The summed E-state index contributed by atoms with van der Waals surface area (Å²) in [6.45, 7) is 2.84. The smallest absolute Gasteiger partial charge is 0.163 e. The van der Waals surface area contributed by atoms with Gasteiger partial charge < -0.3 is 29.2 Å². The number of methoxy groups -OCH3 is 1. The number of para-hydroxylation sites is 1. The maximum Gasteiger partial charge on any atom is 0.163 e. The molecule has 9 heteroatoms. The van der Waals surface area contributed by atoms with E-state index in [-0.39, 0.29) is 6.61 Å². The van der Waals surface area contributed by atoms with Gasteiger partial charge in [-0.05, 0) is 44.1 Å². The first-order chi connectivity index (χ1) is 16.6. The second-order valence-electron chi connectivity index (χ2n) is 8.46. The molecule has 0 saturated carbocycles. The zero-order valence-electron chi connectivity index (χ0n) is 19.0. The zero-order valence-corrected chi connectivity index (χ0v) is 19.7. The van der Waals surface area contributed by atoms with E-state index in [9.17, 15) is 5.11 Å². The molecule has 0 radical (unpaired) electrons. The minimum atomic E-state index is -0.582. The van der Waals surface area contributed by atoms with E-state index in [1.165, 1.54) is 31.9 Å². The number of nitrogens with zero attached hydrogens (tertiary/aromatic N) is 3. The van der Waals surface area contributed by atoms with Crippen molar-refractivity contribution in [1.82, 2.24) is 14.9 Å². The van der Waals surface area contributed by atoms with Crippen molar-refractivity contribution in [1.29, 1.82) is 0 Å². The quantitative estimate of drug-likeness (QED) is 0.362. The van der Waals surface area contributed by atoms with Gasteiger partial charge in [-0.2, -0.15) is 0 Å². The summed E-state index contributed by atoms with van der Waals surface area (Å²) in [5.74, 6) is 1.66. The van der Waals surface area contributed by atoms with E-state index in [4.69, 9.17) is 25.5 Å². The van der Waals surface area contributed by atoms with Gasteiger partial charge in [0.05, 0.1) is 23.3 Å². The van der Waals surface area contributed by atoms with Gasteiger partial charge in [-0.1, -0.05) is 24.1 Å². The predicted octanol–water partition coefficient (Wildman–Crippen LogP) is 5.01. The van der Waals surface area contributed by atoms with Crippen molar-refractivity contribution in [2.75, 3.05) is 38.7 Å². The van der Waals surface area contributed by atoms with Crippen LogP contribution >= 0.6 is 11.6 Å². The molecule has 0 aliphatic carbocycles. The number of furan rings is 1. The van der Waals surface area contributed by atoms with Crippen LogP contribution in [0.3, 0.4) is 0 Å². The fourth-order valence-corrected chi connectivity index (χ4v) is 4.56. The highest BCUT2D eigenvalue weighted by Gasteiger charge is 2.18. The number of likely N-dealkylation sites (tertiary alicyclic amines) is 1. The van der Waals surface area contributed by atoms with Crippen LogP contribution in [0, 0.1) is 0 Å². The molecule has 5 rings (SSSR count). The van der Waals surface area contributed by atoms with Crippen LogP contribution in [0.25, 0.3) is 21.9 Å². The highest BCUT2D eigenvalue weighted by Crippen LogP contribution is 2.37. The Morgan fingerprint density at radius 1 is 1.15 bits per heavy atom. The van der Waals surface area contributed by atoms with Crippen molar-refractivity contribution in [3.63, 3.8) is 0 Å². The van der Waals surface area contributed by atoms with Gasteiger partial charge in [-0.3, -0.25) is 0 Å². The topological polar surface area (TPSA) is 92.9 Å². The third-order valence-corrected chi connectivity index (χ3v) is 6.37. The van der Waals surface area contributed by atoms with E-state index in [0.29, 0.717) is 40.0 Å². The number of rotatable bonds is 8. The number of β-amino-alcohol motifs (C(OH)–C–C–N with tert-alkyl or cyclic N) is 1. The molecular weight excluding hydrogens is 456 g/mol.